The average Bonchev–Trinajstić information content (AvgIpc) is 2.94. The van der Waals surface area contributed by atoms with E-state index in [2.05, 4.69) is 5.32 Å². The molecule has 1 N–H and O–H groups in total. The predicted octanol–water partition coefficient (Wildman–Crippen LogP) is 4.32. The van der Waals surface area contributed by atoms with E-state index in [0.717, 1.165) is 33.7 Å². The number of aryl methyl sites for hydroxylation is 1. The Hall–Kier alpha value is -3.85. The molecule has 40 heavy (non-hydrogen) atoms. The number of nitrogens with zero attached hydrogens (tertiary/aromatic N) is 2. The van der Waals surface area contributed by atoms with Crippen molar-refractivity contribution >= 4 is 27.5 Å². The Morgan fingerprint density at radius 2 is 1.65 bits per heavy atom. The van der Waals surface area contributed by atoms with Crippen LogP contribution in [0.2, 0.25) is 0 Å². The van der Waals surface area contributed by atoms with Crippen LogP contribution >= 0.6 is 0 Å². The van der Waals surface area contributed by atoms with E-state index in [1.807, 2.05) is 75.4 Å². The topological polar surface area (TPSA) is 96.0 Å². The summed E-state index contributed by atoms with van der Waals surface area (Å²) in [6.07, 6.45) is 2.06. The van der Waals surface area contributed by atoms with Crippen LogP contribution in [0.1, 0.15) is 37.0 Å². The number of hydrogen-bond acceptors (Lipinski definition) is 5. The van der Waals surface area contributed by atoms with Gasteiger partial charge in [-0.05, 0) is 49.1 Å². The van der Waals surface area contributed by atoms with E-state index in [9.17, 15) is 18.0 Å². The number of rotatable bonds is 13. The monoisotopic (exact) mass is 565 g/mol. The van der Waals surface area contributed by atoms with E-state index in [1.54, 1.807) is 24.3 Å². The molecular weight excluding hydrogens is 526 g/mol. The Balaban J connectivity index is 2.07. The fourth-order valence-electron chi connectivity index (χ4n) is 4.35. The molecule has 3 aromatic rings. The van der Waals surface area contributed by atoms with Gasteiger partial charge in [-0.25, -0.2) is 8.42 Å². The van der Waals surface area contributed by atoms with Crippen LogP contribution in [-0.2, 0) is 32.6 Å². The van der Waals surface area contributed by atoms with Crippen LogP contribution < -0.4 is 14.4 Å². The minimum Gasteiger partial charge on any atom is -0.497 e. The Labute approximate surface area is 238 Å². The van der Waals surface area contributed by atoms with Crippen LogP contribution in [0.15, 0.2) is 78.9 Å². The molecule has 0 aromatic heterocycles. The lowest BCUT2D eigenvalue weighted by molar-refractivity contribution is -0.140. The molecule has 0 fully saturated rings. The minimum atomic E-state index is -3.85. The molecule has 0 spiro atoms. The molecule has 2 amide bonds. The molecule has 9 heteroatoms. The van der Waals surface area contributed by atoms with Crippen molar-refractivity contribution in [1.82, 2.24) is 10.2 Å². The second-order valence-corrected chi connectivity index (χ2v) is 11.8. The van der Waals surface area contributed by atoms with Gasteiger partial charge in [-0.3, -0.25) is 13.9 Å². The first-order chi connectivity index (χ1) is 19.0. The van der Waals surface area contributed by atoms with E-state index in [0.29, 0.717) is 11.4 Å². The third-order valence-corrected chi connectivity index (χ3v) is 8.04. The van der Waals surface area contributed by atoms with Crippen LogP contribution in [0.3, 0.4) is 0 Å². The van der Waals surface area contributed by atoms with Crippen LogP contribution in [0.5, 0.6) is 5.75 Å². The van der Waals surface area contributed by atoms with Gasteiger partial charge >= 0.3 is 0 Å². The SMILES string of the molecule is CC[C@H](C)NC(=O)[C@@H](Cc1ccccc1)N(Cc1ccccc1C)C(=O)CN(c1cccc(OC)c1)S(C)(=O)=O. The van der Waals surface area contributed by atoms with E-state index in [4.69, 9.17) is 4.74 Å². The molecule has 0 aliphatic rings. The number of benzene rings is 3. The van der Waals surface area contributed by atoms with Gasteiger partial charge in [0.05, 0.1) is 19.1 Å². The molecule has 3 rings (SSSR count). The second kappa shape index (κ2) is 14.0. The lowest BCUT2D eigenvalue weighted by Gasteiger charge is -2.34. The third-order valence-electron chi connectivity index (χ3n) is 6.89. The maximum atomic E-state index is 14.1. The molecule has 0 saturated carbocycles. The lowest BCUT2D eigenvalue weighted by Crippen LogP contribution is -2.54. The third kappa shape index (κ3) is 8.32. The first kappa shape index (κ1) is 30.7. The average molecular weight is 566 g/mol. The minimum absolute atomic E-state index is 0.0921. The maximum Gasteiger partial charge on any atom is 0.244 e. The van der Waals surface area contributed by atoms with E-state index < -0.39 is 28.5 Å². The summed E-state index contributed by atoms with van der Waals surface area (Å²) >= 11 is 0. The summed E-state index contributed by atoms with van der Waals surface area (Å²) in [7, 11) is -2.36. The summed E-state index contributed by atoms with van der Waals surface area (Å²) in [6.45, 7) is 5.51. The van der Waals surface area contributed by atoms with Gasteiger partial charge in [-0.15, -0.1) is 0 Å². The van der Waals surface area contributed by atoms with E-state index in [-0.39, 0.29) is 24.9 Å². The van der Waals surface area contributed by atoms with Gasteiger partial charge in [0.25, 0.3) is 0 Å². The normalized spacial score (nSPS) is 12.7. The molecule has 0 bridgehead atoms. The first-order valence-corrected chi connectivity index (χ1v) is 15.2. The number of sulfonamides is 1. The highest BCUT2D eigenvalue weighted by atomic mass is 32.2. The summed E-state index contributed by atoms with van der Waals surface area (Å²) in [5.41, 5.74) is 3.03. The predicted molar refractivity (Wildman–Crippen MR) is 159 cm³/mol. The Kier molecular flexibility index (Phi) is 10.7. The van der Waals surface area contributed by atoms with Crippen molar-refractivity contribution in [3.05, 3.63) is 95.6 Å². The molecular formula is C31H39N3O5S. The molecule has 0 heterocycles. The fraction of sp³-hybridized carbons (Fsp3) is 0.355. The van der Waals surface area contributed by atoms with Crippen molar-refractivity contribution in [3.63, 3.8) is 0 Å². The number of hydrogen-bond donors (Lipinski definition) is 1. The van der Waals surface area contributed by atoms with Gasteiger partial charge in [0.15, 0.2) is 0 Å². The van der Waals surface area contributed by atoms with Gasteiger partial charge in [-0.2, -0.15) is 0 Å². The molecule has 2 atom stereocenters. The van der Waals surface area contributed by atoms with Gasteiger partial charge in [0.2, 0.25) is 21.8 Å². The van der Waals surface area contributed by atoms with Crippen molar-refractivity contribution < 1.29 is 22.7 Å². The highest BCUT2D eigenvalue weighted by Gasteiger charge is 2.33. The van der Waals surface area contributed by atoms with Crippen LogP contribution in [0.25, 0.3) is 0 Å². The molecule has 0 aliphatic carbocycles. The first-order valence-electron chi connectivity index (χ1n) is 13.3. The number of nitrogens with one attached hydrogen (secondary N) is 1. The Bertz CT molecular complexity index is 1390. The number of anilines is 1. The molecule has 8 nitrogen and oxygen atoms in total. The van der Waals surface area contributed by atoms with Crippen LogP contribution in [-0.4, -0.2) is 57.1 Å². The number of amides is 2. The lowest BCUT2D eigenvalue weighted by atomic mass is 10.0. The van der Waals surface area contributed by atoms with Crippen molar-refractivity contribution in [2.24, 2.45) is 0 Å². The van der Waals surface area contributed by atoms with Gasteiger partial charge < -0.3 is 15.0 Å². The molecule has 0 aliphatic heterocycles. The zero-order valence-electron chi connectivity index (χ0n) is 23.8. The highest BCUT2D eigenvalue weighted by Crippen LogP contribution is 2.24. The van der Waals surface area contributed by atoms with E-state index in [1.165, 1.54) is 12.0 Å². The maximum absolute atomic E-state index is 14.1. The van der Waals surface area contributed by atoms with Gasteiger partial charge in [-0.1, -0.05) is 67.6 Å². The quantitative estimate of drug-likeness (QED) is 0.333. The Morgan fingerprint density at radius 1 is 0.975 bits per heavy atom. The van der Waals surface area contributed by atoms with Crippen molar-refractivity contribution in [2.45, 2.75) is 52.2 Å². The summed E-state index contributed by atoms with van der Waals surface area (Å²) < 4.78 is 32.2. The number of ether oxygens (including phenoxy) is 1. The molecule has 214 valence electrons. The number of carbonyl (C=O) groups excluding carboxylic acids is 2. The zero-order valence-corrected chi connectivity index (χ0v) is 24.6. The van der Waals surface area contributed by atoms with Crippen molar-refractivity contribution in [1.29, 1.82) is 0 Å². The molecule has 0 unspecified atom stereocenters. The molecule has 0 radical (unpaired) electrons. The smallest absolute Gasteiger partial charge is 0.244 e. The molecule has 3 aromatic carbocycles. The van der Waals surface area contributed by atoms with Crippen molar-refractivity contribution in [3.8, 4) is 5.75 Å². The number of carbonyl (C=O) groups is 2. The van der Waals surface area contributed by atoms with Crippen LogP contribution in [0, 0.1) is 6.92 Å². The summed E-state index contributed by atoms with van der Waals surface area (Å²) in [5, 5.41) is 3.03. The van der Waals surface area contributed by atoms with Gasteiger partial charge in [0, 0.05) is 25.1 Å². The second-order valence-electron chi connectivity index (χ2n) is 9.94. The summed E-state index contributed by atoms with van der Waals surface area (Å²) in [4.78, 5) is 29.4. The van der Waals surface area contributed by atoms with Crippen LogP contribution in [0.4, 0.5) is 5.69 Å². The standard InChI is InChI=1S/C31H39N3O5S/c1-6-24(3)32-31(36)29(19-25-14-8-7-9-15-25)33(21-26-16-11-10-13-23(26)2)30(35)22-34(40(5,37)38)27-17-12-18-28(20-27)39-4/h7-18,20,24,29H,6,19,21-22H2,1-5H3,(H,32,36)/t24-,29+/m0/s1. The molecule has 0 saturated heterocycles. The Morgan fingerprint density at radius 3 is 2.27 bits per heavy atom. The van der Waals surface area contributed by atoms with E-state index >= 15 is 0 Å². The summed E-state index contributed by atoms with van der Waals surface area (Å²) in [5.74, 6) is -0.311. The van der Waals surface area contributed by atoms with Crippen molar-refractivity contribution in [2.75, 3.05) is 24.2 Å². The number of methoxy groups -OCH3 is 1. The largest absolute Gasteiger partial charge is 0.497 e. The summed E-state index contributed by atoms with van der Waals surface area (Å²) in [6, 6.07) is 22.8. The highest BCUT2D eigenvalue weighted by molar-refractivity contribution is 7.92. The van der Waals surface area contributed by atoms with Gasteiger partial charge in [0.1, 0.15) is 18.3 Å². The fourth-order valence-corrected chi connectivity index (χ4v) is 5.19. The zero-order chi connectivity index (χ0) is 29.3.